The van der Waals surface area contributed by atoms with Crippen LogP contribution < -0.4 is 5.32 Å². The lowest BCUT2D eigenvalue weighted by Crippen LogP contribution is -2.45. The first-order valence-corrected chi connectivity index (χ1v) is 6.67. The molecule has 0 unspecified atom stereocenters. The highest BCUT2D eigenvalue weighted by atomic mass is 35.5. The molecule has 0 fully saturated rings. The normalized spacial score (nSPS) is 15.3. The molecule has 0 aliphatic rings. The standard InChI is InChI=1S/C14H29NO3.2ClH/c1-8-10(2)13(15-6)11(17-7)9-12(16)18-14(3,4)5;;/h10-11,13,15H,8-9H2,1-7H3;2*1H/t10-,11+,13-;;/m0../s1. The SMILES string of the molecule is CC[C@H](C)[C@H](NC)[C@@H](CC(=O)OC(C)(C)C)OC.Cl.Cl. The van der Waals surface area contributed by atoms with Crippen LogP contribution in [0.3, 0.4) is 0 Å². The third kappa shape index (κ3) is 9.81. The molecule has 0 radical (unpaired) electrons. The predicted molar refractivity (Wildman–Crippen MR) is 88.1 cm³/mol. The number of hydrogen-bond acceptors (Lipinski definition) is 4. The summed E-state index contributed by atoms with van der Waals surface area (Å²) in [6.45, 7) is 9.91. The van der Waals surface area contributed by atoms with Gasteiger partial charge in [0.25, 0.3) is 0 Å². The van der Waals surface area contributed by atoms with Gasteiger partial charge in [-0.1, -0.05) is 20.3 Å². The summed E-state index contributed by atoms with van der Waals surface area (Å²) < 4.78 is 10.8. The molecule has 0 aliphatic heterocycles. The third-order valence-electron chi connectivity index (χ3n) is 3.08. The van der Waals surface area contributed by atoms with Crippen molar-refractivity contribution in [2.45, 2.75) is 65.2 Å². The van der Waals surface area contributed by atoms with Crippen LogP contribution in [0, 0.1) is 5.92 Å². The molecule has 0 spiro atoms. The van der Waals surface area contributed by atoms with Gasteiger partial charge in [0.05, 0.1) is 12.5 Å². The molecular weight excluding hydrogens is 301 g/mol. The van der Waals surface area contributed by atoms with Crippen LogP contribution in [0.5, 0.6) is 0 Å². The molecule has 0 aromatic heterocycles. The molecule has 0 bridgehead atoms. The van der Waals surface area contributed by atoms with Crippen LogP contribution in [0.1, 0.15) is 47.5 Å². The fourth-order valence-electron chi connectivity index (χ4n) is 2.00. The highest BCUT2D eigenvalue weighted by Gasteiger charge is 2.28. The summed E-state index contributed by atoms with van der Waals surface area (Å²) in [5, 5.41) is 3.24. The van der Waals surface area contributed by atoms with Gasteiger partial charge in [0.1, 0.15) is 5.60 Å². The van der Waals surface area contributed by atoms with E-state index in [2.05, 4.69) is 19.2 Å². The number of nitrogens with one attached hydrogen (secondary N) is 1. The molecule has 0 rings (SSSR count). The van der Waals surface area contributed by atoms with Crippen LogP contribution in [0.25, 0.3) is 0 Å². The van der Waals surface area contributed by atoms with Gasteiger partial charge in [0, 0.05) is 13.2 Å². The second-order valence-electron chi connectivity index (χ2n) is 5.76. The first-order chi connectivity index (χ1) is 8.25. The number of methoxy groups -OCH3 is 1. The average molecular weight is 332 g/mol. The van der Waals surface area contributed by atoms with E-state index in [-0.39, 0.29) is 49.4 Å². The fourth-order valence-corrected chi connectivity index (χ4v) is 2.00. The Hall–Kier alpha value is -0.0300. The molecule has 0 saturated carbocycles. The molecule has 20 heavy (non-hydrogen) atoms. The maximum Gasteiger partial charge on any atom is 0.309 e. The number of ether oxygens (including phenoxy) is 2. The Morgan fingerprint density at radius 1 is 1.25 bits per heavy atom. The van der Waals surface area contributed by atoms with Gasteiger partial charge in [0.15, 0.2) is 0 Å². The van der Waals surface area contributed by atoms with Crippen molar-refractivity contribution < 1.29 is 14.3 Å². The van der Waals surface area contributed by atoms with E-state index in [1.54, 1.807) is 7.11 Å². The number of esters is 1. The van der Waals surface area contributed by atoms with E-state index < -0.39 is 5.60 Å². The number of carbonyl (C=O) groups excluding carboxylic acids is 1. The summed E-state index contributed by atoms with van der Waals surface area (Å²) >= 11 is 0. The van der Waals surface area contributed by atoms with E-state index >= 15 is 0 Å². The molecule has 4 nitrogen and oxygen atoms in total. The topological polar surface area (TPSA) is 47.6 Å². The molecular formula is C14H31Cl2NO3. The van der Waals surface area contributed by atoms with Gasteiger partial charge in [-0.25, -0.2) is 0 Å². The molecule has 0 aromatic carbocycles. The van der Waals surface area contributed by atoms with Crippen molar-refractivity contribution in [3.8, 4) is 0 Å². The van der Waals surface area contributed by atoms with Crippen LogP contribution in [0.4, 0.5) is 0 Å². The van der Waals surface area contributed by atoms with E-state index in [4.69, 9.17) is 9.47 Å². The van der Waals surface area contributed by atoms with E-state index in [1.165, 1.54) is 0 Å². The van der Waals surface area contributed by atoms with Crippen molar-refractivity contribution in [2.24, 2.45) is 5.92 Å². The molecule has 0 aromatic rings. The van der Waals surface area contributed by atoms with Gasteiger partial charge >= 0.3 is 5.97 Å². The maximum absolute atomic E-state index is 11.8. The van der Waals surface area contributed by atoms with Gasteiger partial charge in [-0.05, 0) is 33.7 Å². The number of rotatable bonds is 7. The van der Waals surface area contributed by atoms with Crippen LogP contribution >= 0.6 is 24.8 Å². The molecule has 3 atom stereocenters. The first-order valence-electron chi connectivity index (χ1n) is 6.67. The molecule has 1 N–H and O–H groups in total. The smallest absolute Gasteiger partial charge is 0.309 e. The molecule has 0 aliphatic carbocycles. The third-order valence-corrected chi connectivity index (χ3v) is 3.08. The van der Waals surface area contributed by atoms with Crippen molar-refractivity contribution in [1.82, 2.24) is 5.32 Å². The fraction of sp³-hybridized carbons (Fsp3) is 0.929. The Morgan fingerprint density at radius 3 is 2.05 bits per heavy atom. The summed E-state index contributed by atoms with van der Waals surface area (Å²) in [5.74, 6) is 0.236. The Labute approximate surface area is 136 Å². The van der Waals surface area contributed by atoms with Crippen LogP contribution in [-0.2, 0) is 14.3 Å². The summed E-state index contributed by atoms with van der Waals surface area (Å²) in [6, 6.07) is 0.160. The minimum Gasteiger partial charge on any atom is -0.460 e. The molecule has 124 valence electrons. The average Bonchev–Trinajstić information content (AvgIpc) is 2.25. The van der Waals surface area contributed by atoms with E-state index in [0.717, 1.165) is 6.42 Å². The van der Waals surface area contributed by atoms with Crippen molar-refractivity contribution in [3.05, 3.63) is 0 Å². The van der Waals surface area contributed by atoms with Crippen molar-refractivity contribution >= 4 is 30.8 Å². The van der Waals surface area contributed by atoms with Gasteiger partial charge in [0.2, 0.25) is 0 Å². The summed E-state index contributed by atoms with van der Waals surface area (Å²) in [6.07, 6.45) is 1.17. The van der Waals surface area contributed by atoms with Gasteiger partial charge in [-0.2, -0.15) is 0 Å². The van der Waals surface area contributed by atoms with E-state index in [1.807, 2.05) is 27.8 Å². The number of carbonyl (C=O) groups is 1. The van der Waals surface area contributed by atoms with Gasteiger partial charge in [-0.3, -0.25) is 4.79 Å². The lowest BCUT2D eigenvalue weighted by molar-refractivity contribution is -0.158. The molecule has 6 heteroatoms. The monoisotopic (exact) mass is 331 g/mol. The van der Waals surface area contributed by atoms with Crippen molar-refractivity contribution in [2.75, 3.05) is 14.2 Å². The lowest BCUT2D eigenvalue weighted by Gasteiger charge is -2.30. The van der Waals surface area contributed by atoms with Crippen LogP contribution in [0.15, 0.2) is 0 Å². The van der Waals surface area contributed by atoms with Gasteiger partial charge < -0.3 is 14.8 Å². The Kier molecular flexibility index (Phi) is 14.5. The zero-order valence-electron chi connectivity index (χ0n) is 13.7. The van der Waals surface area contributed by atoms with Gasteiger partial charge in [-0.15, -0.1) is 24.8 Å². The Morgan fingerprint density at radius 2 is 1.75 bits per heavy atom. The van der Waals surface area contributed by atoms with Crippen LogP contribution in [0.2, 0.25) is 0 Å². The highest BCUT2D eigenvalue weighted by Crippen LogP contribution is 2.18. The maximum atomic E-state index is 11.8. The lowest BCUT2D eigenvalue weighted by atomic mass is 9.92. The second-order valence-corrected chi connectivity index (χ2v) is 5.76. The van der Waals surface area contributed by atoms with Crippen molar-refractivity contribution in [3.63, 3.8) is 0 Å². The second kappa shape index (κ2) is 11.6. The zero-order chi connectivity index (χ0) is 14.3. The van der Waals surface area contributed by atoms with E-state index in [9.17, 15) is 4.79 Å². The zero-order valence-corrected chi connectivity index (χ0v) is 15.3. The Balaban J connectivity index is -0.00000144. The minimum absolute atomic E-state index is 0. The minimum atomic E-state index is -0.444. The largest absolute Gasteiger partial charge is 0.460 e. The quantitative estimate of drug-likeness (QED) is 0.727. The molecule has 0 saturated heterocycles. The summed E-state index contributed by atoms with van der Waals surface area (Å²) in [7, 11) is 3.54. The number of hydrogen-bond donors (Lipinski definition) is 1. The van der Waals surface area contributed by atoms with Crippen molar-refractivity contribution in [1.29, 1.82) is 0 Å². The first kappa shape index (κ1) is 25.0. The highest BCUT2D eigenvalue weighted by molar-refractivity contribution is 5.85. The molecule has 0 heterocycles. The van der Waals surface area contributed by atoms with Crippen LogP contribution in [-0.4, -0.2) is 37.9 Å². The predicted octanol–water partition coefficient (Wildman–Crippen LogP) is 3.21. The summed E-state index contributed by atoms with van der Waals surface area (Å²) in [5.41, 5.74) is -0.444. The number of likely N-dealkylation sites (N-methyl/N-ethyl adjacent to an activating group) is 1. The van der Waals surface area contributed by atoms with E-state index in [0.29, 0.717) is 5.92 Å². The summed E-state index contributed by atoms with van der Waals surface area (Å²) in [4.78, 5) is 11.8. The number of halogens is 2. The molecule has 0 amide bonds. The Bertz CT molecular complexity index is 257.